The molecule has 3 rings (SSSR count). The van der Waals surface area contributed by atoms with Crippen molar-refractivity contribution in [2.24, 2.45) is 0 Å². The van der Waals surface area contributed by atoms with E-state index in [1.54, 1.807) is 9.80 Å². The first-order valence-corrected chi connectivity index (χ1v) is 7.67. The van der Waals surface area contributed by atoms with Gasteiger partial charge in [0, 0.05) is 11.6 Å². The van der Waals surface area contributed by atoms with E-state index in [9.17, 15) is 9.59 Å². The van der Waals surface area contributed by atoms with Crippen LogP contribution in [0.3, 0.4) is 0 Å². The average Bonchev–Trinajstić information content (AvgIpc) is 2.87. The van der Waals surface area contributed by atoms with Gasteiger partial charge in [0.25, 0.3) is 0 Å². The normalized spacial score (nSPS) is 30.8. The molecule has 0 aromatic heterocycles. The van der Waals surface area contributed by atoms with Gasteiger partial charge in [-0.15, -0.1) is 0 Å². The number of carbonyl (C=O) groups is 2. The molecule has 7 nitrogen and oxygen atoms in total. The van der Waals surface area contributed by atoms with Crippen molar-refractivity contribution in [3.8, 4) is 0 Å². The maximum atomic E-state index is 12.8. The summed E-state index contributed by atoms with van der Waals surface area (Å²) in [5.41, 5.74) is -0.316. The number of nitrogens with zero attached hydrogens (tertiary/aromatic N) is 4. The SMILES string of the molecule is CCC(C)N1CN2C(=O)NC3C2N(C1)C(=O)N3C(C)(C)C. The van der Waals surface area contributed by atoms with Crippen LogP contribution >= 0.6 is 0 Å². The van der Waals surface area contributed by atoms with Crippen LogP contribution in [0.15, 0.2) is 0 Å². The third-order valence-electron chi connectivity index (χ3n) is 4.79. The molecule has 0 spiro atoms. The van der Waals surface area contributed by atoms with Crippen molar-refractivity contribution in [3.63, 3.8) is 0 Å². The summed E-state index contributed by atoms with van der Waals surface area (Å²) in [6, 6.07) is 0.273. The van der Waals surface area contributed by atoms with E-state index in [0.29, 0.717) is 19.4 Å². The Balaban J connectivity index is 1.94. The number of amides is 4. The molecule has 3 saturated heterocycles. The molecule has 3 unspecified atom stereocenters. The van der Waals surface area contributed by atoms with Crippen LogP contribution in [0.1, 0.15) is 41.0 Å². The first-order chi connectivity index (χ1) is 9.75. The van der Waals surface area contributed by atoms with E-state index in [2.05, 4.69) is 24.1 Å². The molecule has 0 bridgehead atoms. The van der Waals surface area contributed by atoms with Crippen molar-refractivity contribution in [2.45, 2.75) is 65.0 Å². The second-order valence-corrected chi connectivity index (χ2v) is 7.20. The molecule has 0 aliphatic carbocycles. The van der Waals surface area contributed by atoms with Gasteiger partial charge in [-0.3, -0.25) is 19.6 Å². The van der Waals surface area contributed by atoms with Crippen LogP contribution in [0.25, 0.3) is 0 Å². The summed E-state index contributed by atoms with van der Waals surface area (Å²) in [4.78, 5) is 32.6. The average molecular weight is 295 g/mol. The van der Waals surface area contributed by atoms with Crippen molar-refractivity contribution < 1.29 is 9.59 Å². The highest BCUT2D eigenvalue weighted by Gasteiger charge is 2.60. The maximum absolute atomic E-state index is 12.8. The summed E-state index contributed by atoms with van der Waals surface area (Å²) in [6.45, 7) is 11.4. The van der Waals surface area contributed by atoms with Crippen molar-refractivity contribution in [1.29, 1.82) is 0 Å². The molecule has 4 amide bonds. The van der Waals surface area contributed by atoms with Gasteiger partial charge in [0.1, 0.15) is 6.17 Å². The zero-order valence-corrected chi connectivity index (χ0v) is 13.5. The minimum atomic E-state index is -0.316. The third kappa shape index (κ3) is 1.97. The highest BCUT2D eigenvalue weighted by molar-refractivity contribution is 5.85. The largest absolute Gasteiger partial charge is 0.325 e. The van der Waals surface area contributed by atoms with Crippen LogP contribution in [0, 0.1) is 0 Å². The first kappa shape index (κ1) is 14.4. The molecular weight excluding hydrogens is 270 g/mol. The molecule has 3 aliphatic rings. The summed E-state index contributed by atoms with van der Waals surface area (Å²) in [7, 11) is 0. The molecule has 1 N–H and O–H groups in total. The van der Waals surface area contributed by atoms with Crippen LogP contribution in [0.4, 0.5) is 9.59 Å². The van der Waals surface area contributed by atoms with Crippen molar-refractivity contribution in [1.82, 2.24) is 24.9 Å². The minimum Gasteiger partial charge on any atom is -0.314 e. The van der Waals surface area contributed by atoms with E-state index in [1.807, 2.05) is 25.7 Å². The molecule has 3 aliphatic heterocycles. The number of hydrogen-bond acceptors (Lipinski definition) is 3. The lowest BCUT2D eigenvalue weighted by Gasteiger charge is -2.43. The summed E-state index contributed by atoms with van der Waals surface area (Å²) < 4.78 is 0. The zero-order valence-electron chi connectivity index (χ0n) is 13.5. The number of carbonyl (C=O) groups excluding carboxylic acids is 2. The van der Waals surface area contributed by atoms with E-state index in [4.69, 9.17) is 0 Å². The predicted molar refractivity (Wildman–Crippen MR) is 78.1 cm³/mol. The fourth-order valence-electron chi connectivity index (χ4n) is 3.45. The zero-order chi connectivity index (χ0) is 15.5. The highest BCUT2D eigenvalue weighted by Crippen LogP contribution is 2.36. The predicted octanol–water partition coefficient (Wildman–Crippen LogP) is 1.23. The van der Waals surface area contributed by atoms with Gasteiger partial charge >= 0.3 is 12.1 Å². The maximum Gasteiger partial charge on any atom is 0.325 e. The summed E-state index contributed by atoms with van der Waals surface area (Å²) in [5.74, 6) is 0. The van der Waals surface area contributed by atoms with Crippen LogP contribution in [-0.2, 0) is 0 Å². The molecule has 3 atom stereocenters. The fraction of sp³-hybridized carbons (Fsp3) is 0.857. The molecule has 118 valence electrons. The molecule has 0 saturated carbocycles. The van der Waals surface area contributed by atoms with Crippen LogP contribution in [0.2, 0.25) is 0 Å². The molecule has 3 heterocycles. The Kier molecular flexibility index (Phi) is 3.09. The Bertz CT molecular complexity index is 474. The van der Waals surface area contributed by atoms with Gasteiger partial charge < -0.3 is 5.32 Å². The molecule has 0 aromatic rings. The summed E-state index contributed by atoms with van der Waals surface area (Å²) in [6.07, 6.45) is 0.572. The molecule has 21 heavy (non-hydrogen) atoms. The Morgan fingerprint density at radius 1 is 1.24 bits per heavy atom. The first-order valence-electron chi connectivity index (χ1n) is 7.67. The number of urea groups is 2. The lowest BCUT2D eigenvalue weighted by Crippen LogP contribution is -2.61. The molecule has 0 radical (unpaired) electrons. The van der Waals surface area contributed by atoms with Crippen LogP contribution in [0.5, 0.6) is 0 Å². The van der Waals surface area contributed by atoms with Crippen molar-refractivity contribution in [3.05, 3.63) is 0 Å². The monoisotopic (exact) mass is 295 g/mol. The lowest BCUT2D eigenvalue weighted by atomic mass is 10.1. The topological polar surface area (TPSA) is 59.1 Å². The third-order valence-corrected chi connectivity index (χ3v) is 4.79. The Morgan fingerprint density at radius 2 is 1.86 bits per heavy atom. The van der Waals surface area contributed by atoms with Gasteiger partial charge in [0.2, 0.25) is 0 Å². The van der Waals surface area contributed by atoms with Gasteiger partial charge in [-0.2, -0.15) is 0 Å². The molecule has 0 aromatic carbocycles. The van der Waals surface area contributed by atoms with E-state index in [-0.39, 0.29) is 29.9 Å². The summed E-state index contributed by atoms with van der Waals surface area (Å²) >= 11 is 0. The van der Waals surface area contributed by atoms with Gasteiger partial charge in [0.15, 0.2) is 6.17 Å². The van der Waals surface area contributed by atoms with Crippen LogP contribution in [-0.4, -0.2) is 68.9 Å². The van der Waals surface area contributed by atoms with E-state index < -0.39 is 0 Å². The smallest absolute Gasteiger partial charge is 0.314 e. The molecular formula is C14H25N5O2. The van der Waals surface area contributed by atoms with Gasteiger partial charge in [-0.1, -0.05) is 6.92 Å². The number of rotatable bonds is 2. The number of nitrogens with one attached hydrogen (secondary N) is 1. The summed E-state index contributed by atoms with van der Waals surface area (Å²) in [5, 5.41) is 2.98. The van der Waals surface area contributed by atoms with E-state index in [1.165, 1.54) is 0 Å². The standard InChI is InChI=1S/C14H25N5O2/c1-6-9(2)16-7-17-11-10(15-12(17)20)19(14(3,4)5)13(21)18(11)8-16/h9-11H,6-8H2,1-5H3,(H,15,20). The van der Waals surface area contributed by atoms with Gasteiger partial charge in [-0.25, -0.2) is 9.59 Å². The van der Waals surface area contributed by atoms with Gasteiger partial charge in [-0.05, 0) is 34.1 Å². The second kappa shape index (κ2) is 4.50. The lowest BCUT2D eigenvalue weighted by molar-refractivity contribution is -0.0293. The van der Waals surface area contributed by atoms with Gasteiger partial charge in [0.05, 0.1) is 13.3 Å². The highest BCUT2D eigenvalue weighted by atomic mass is 16.2. The van der Waals surface area contributed by atoms with Crippen molar-refractivity contribution in [2.75, 3.05) is 13.3 Å². The van der Waals surface area contributed by atoms with E-state index >= 15 is 0 Å². The molecule has 3 fully saturated rings. The Hall–Kier alpha value is -1.50. The van der Waals surface area contributed by atoms with E-state index in [0.717, 1.165) is 6.42 Å². The molecule has 7 heteroatoms. The van der Waals surface area contributed by atoms with Crippen LogP contribution < -0.4 is 5.32 Å². The Labute approximate surface area is 125 Å². The number of hydrogen-bond donors (Lipinski definition) is 1. The minimum absolute atomic E-state index is 0.00973. The second-order valence-electron chi connectivity index (χ2n) is 7.20. The Morgan fingerprint density at radius 3 is 2.43 bits per heavy atom. The quantitative estimate of drug-likeness (QED) is 0.833. The fourth-order valence-corrected chi connectivity index (χ4v) is 3.45. The van der Waals surface area contributed by atoms with Crippen molar-refractivity contribution >= 4 is 12.1 Å².